The molecule has 0 radical (unpaired) electrons. The molecule has 0 saturated heterocycles. The molecule has 0 unspecified atom stereocenters. The fourth-order valence-electron chi connectivity index (χ4n) is 2.57. The van der Waals surface area contributed by atoms with Crippen molar-refractivity contribution in [1.82, 2.24) is 5.32 Å². The summed E-state index contributed by atoms with van der Waals surface area (Å²) < 4.78 is 19.0. The van der Waals surface area contributed by atoms with Crippen molar-refractivity contribution in [2.75, 3.05) is 13.2 Å². The number of rotatable bonds is 7. The van der Waals surface area contributed by atoms with Gasteiger partial charge in [0.25, 0.3) is 0 Å². The minimum atomic E-state index is -0.565. The zero-order chi connectivity index (χ0) is 14.2. The first-order valence-electron chi connectivity index (χ1n) is 7.55. The number of phenols is 1. The summed E-state index contributed by atoms with van der Waals surface area (Å²) in [7, 11) is 0. The molecule has 1 aliphatic carbocycles. The molecule has 1 aliphatic rings. The second-order valence-electron chi connectivity index (χ2n) is 5.45. The Kier molecular flexibility index (Phi) is 6.27. The molecular formula is C16H24FNO2. The highest BCUT2D eigenvalue weighted by Gasteiger charge is 2.12. The van der Waals surface area contributed by atoms with Crippen LogP contribution >= 0.6 is 0 Å². The summed E-state index contributed by atoms with van der Waals surface area (Å²) in [5.41, 5.74) is 0.841. The summed E-state index contributed by atoms with van der Waals surface area (Å²) in [6.07, 6.45) is 7.81. The van der Waals surface area contributed by atoms with E-state index in [4.69, 9.17) is 9.84 Å². The van der Waals surface area contributed by atoms with E-state index >= 15 is 0 Å². The normalized spacial score (nSPS) is 16.4. The third-order valence-electron chi connectivity index (χ3n) is 3.74. The molecule has 0 amide bonds. The van der Waals surface area contributed by atoms with E-state index in [1.165, 1.54) is 44.2 Å². The second kappa shape index (κ2) is 8.22. The lowest BCUT2D eigenvalue weighted by Gasteiger charge is -2.21. The number of ether oxygens (including phenoxy) is 1. The lowest BCUT2D eigenvalue weighted by atomic mass is 9.98. The molecule has 2 N–H and O–H groups in total. The van der Waals surface area contributed by atoms with E-state index in [9.17, 15) is 4.39 Å². The number of phenolic OH excluding ortho intramolecular Hbond substituents is 1. The van der Waals surface area contributed by atoms with Crippen LogP contribution in [0.3, 0.4) is 0 Å². The van der Waals surface area contributed by atoms with Gasteiger partial charge in [0.2, 0.25) is 0 Å². The van der Waals surface area contributed by atoms with Crippen LogP contribution in [0.15, 0.2) is 18.2 Å². The van der Waals surface area contributed by atoms with Gasteiger partial charge in [-0.3, -0.25) is 0 Å². The van der Waals surface area contributed by atoms with Crippen molar-refractivity contribution in [3.8, 4) is 5.75 Å². The SMILES string of the molecule is Oc1ccc(CNCCCOC2CCCCC2)cc1F. The molecule has 1 fully saturated rings. The second-order valence-corrected chi connectivity index (χ2v) is 5.45. The van der Waals surface area contributed by atoms with Crippen molar-refractivity contribution in [1.29, 1.82) is 0 Å². The first-order chi connectivity index (χ1) is 9.75. The van der Waals surface area contributed by atoms with Gasteiger partial charge in [0.05, 0.1) is 6.10 Å². The van der Waals surface area contributed by atoms with Crippen LogP contribution in [0.2, 0.25) is 0 Å². The van der Waals surface area contributed by atoms with Crippen LogP contribution in [-0.4, -0.2) is 24.4 Å². The molecule has 0 atom stereocenters. The van der Waals surface area contributed by atoms with Crippen molar-refractivity contribution in [3.05, 3.63) is 29.6 Å². The number of benzene rings is 1. The molecule has 0 bridgehead atoms. The Morgan fingerprint density at radius 3 is 2.80 bits per heavy atom. The van der Waals surface area contributed by atoms with Gasteiger partial charge in [-0.15, -0.1) is 0 Å². The van der Waals surface area contributed by atoms with Crippen LogP contribution in [0.5, 0.6) is 5.75 Å². The maximum atomic E-state index is 13.1. The average Bonchev–Trinajstić information content (AvgIpc) is 2.47. The van der Waals surface area contributed by atoms with Crippen molar-refractivity contribution in [3.63, 3.8) is 0 Å². The molecule has 1 aromatic carbocycles. The summed E-state index contributed by atoms with van der Waals surface area (Å²) in [4.78, 5) is 0. The molecule has 0 aliphatic heterocycles. The predicted molar refractivity (Wildman–Crippen MR) is 77.2 cm³/mol. The van der Waals surface area contributed by atoms with Gasteiger partial charge in [-0.2, -0.15) is 0 Å². The zero-order valence-corrected chi connectivity index (χ0v) is 11.9. The number of aromatic hydroxyl groups is 1. The zero-order valence-electron chi connectivity index (χ0n) is 11.9. The summed E-state index contributed by atoms with van der Waals surface area (Å²) in [6, 6.07) is 4.48. The largest absolute Gasteiger partial charge is 0.505 e. The number of nitrogens with one attached hydrogen (secondary N) is 1. The van der Waals surface area contributed by atoms with Crippen molar-refractivity contribution >= 4 is 0 Å². The first-order valence-corrected chi connectivity index (χ1v) is 7.55. The van der Waals surface area contributed by atoms with Gasteiger partial charge < -0.3 is 15.2 Å². The van der Waals surface area contributed by atoms with E-state index in [0.29, 0.717) is 12.6 Å². The minimum absolute atomic E-state index is 0.297. The Morgan fingerprint density at radius 2 is 2.05 bits per heavy atom. The molecule has 0 spiro atoms. The Labute approximate surface area is 120 Å². The van der Waals surface area contributed by atoms with Gasteiger partial charge in [0, 0.05) is 13.2 Å². The average molecular weight is 281 g/mol. The van der Waals surface area contributed by atoms with Gasteiger partial charge in [0.15, 0.2) is 11.6 Å². The van der Waals surface area contributed by atoms with Crippen LogP contribution in [0.25, 0.3) is 0 Å². The van der Waals surface area contributed by atoms with Crippen LogP contribution in [0.4, 0.5) is 4.39 Å². The van der Waals surface area contributed by atoms with E-state index in [0.717, 1.165) is 25.1 Å². The topological polar surface area (TPSA) is 41.5 Å². The molecule has 4 heteroatoms. The van der Waals surface area contributed by atoms with Gasteiger partial charge >= 0.3 is 0 Å². The molecule has 2 rings (SSSR count). The highest BCUT2D eigenvalue weighted by molar-refractivity contribution is 5.27. The van der Waals surface area contributed by atoms with Crippen LogP contribution in [0, 0.1) is 5.82 Å². The highest BCUT2D eigenvalue weighted by Crippen LogP contribution is 2.20. The smallest absolute Gasteiger partial charge is 0.165 e. The molecule has 1 saturated carbocycles. The van der Waals surface area contributed by atoms with E-state index in [-0.39, 0.29) is 5.75 Å². The maximum Gasteiger partial charge on any atom is 0.165 e. The lowest BCUT2D eigenvalue weighted by Crippen LogP contribution is -2.20. The van der Waals surface area contributed by atoms with Crippen LogP contribution < -0.4 is 5.32 Å². The molecule has 0 heterocycles. The van der Waals surface area contributed by atoms with Crippen molar-refractivity contribution in [2.45, 2.75) is 51.2 Å². The van der Waals surface area contributed by atoms with Gasteiger partial charge in [-0.1, -0.05) is 25.3 Å². The molecule has 112 valence electrons. The maximum absolute atomic E-state index is 13.1. The Hall–Kier alpha value is -1.13. The summed E-state index contributed by atoms with van der Waals surface area (Å²) in [6.45, 7) is 2.26. The van der Waals surface area contributed by atoms with Crippen molar-refractivity contribution < 1.29 is 14.2 Å². The highest BCUT2D eigenvalue weighted by atomic mass is 19.1. The van der Waals surface area contributed by atoms with Crippen molar-refractivity contribution in [2.24, 2.45) is 0 Å². The predicted octanol–water partition coefficient (Wildman–Crippen LogP) is 3.36. The number of hydrogen-bond donors (Lipinski definition) is 2. The number of halogens is 1. The first kappa shape index (κ1) is 15.3. The fraction of sp³-hybridized carbons (Fsp3) is 0.625. The number of hydrogen-bond acceptors (Lipinski definition) is 3. The standard InChI is InChI=1S/C16H24FNO2/c17-15-11-13(7-8-16(15)19)12-18-9-4-10-20-14-5-2-1-3-6-14/h7-8,11,14,18-19H,1-6,9-10,12H2. The Bertz CT molecular complexity index is 405. The minimum Gasteiger partial charge on any atom is -0.505 e. The van der Waals surface area contributed by atoms with Crippen LogP contribution in [-0.2, 0) is 11.3 Å². The monoisotopic (exact) mass is 281 g/mol. The van der Waals surface area contributed by atoms with Gasteiger partial charge in [-0.05, 0) is 43.5 Å². The van der Waals surface area contributed by atoms with E-state index in [2.05, 4.69) is 5.32 Å². The van der Waals surface area contributed by atoms with E-state index in [1.807, 2.05) is 0 Å². The Morgan fingerprint density at radius 1 is 1.25 bits per heavy atom. The van der Waals surface area contributed by atoms with Crippen LogP contribution in [0.1, 0.15) is 44.1 Å². The van der Waals surface area contributed by atoms with E-state index < -0.39 is 5.82 Å². The summed E-state index contributed by atoms with van der Waals surface area (Å²) in [5.74, 6) is -0.862. The molecular weight excluding hydrogens is 257 g/mol. The fourth-order valence-corrected chi connectivity index (χ4v) is 2.57. The lowest BCUT2D eigenvalue weighted by molar-refractivity contribution is 0.0273. The summed E-state index contributed by atoms with van der Waals surface area (Å²) in [5, 5.41) is 12.4. The molecule has 1 aromatic rings. The van der Waals surface area contributed by atoms with Gasteiger partial charge in [-0.25, -0.2) is 4.39 Å². The van der Waals surface area contributed by atoms with Gasteiger partial charge in [0.1, 0.15) is 0 Å². The third kappa shape index (κ3) is 5.10. The molecule has 0 aromatic heterocycles. The summed E-state index contributed by atoms with van der Waals surface area (Å²) >= 11 is 0. The molecule has 3 nitrogen and oxygen atoms in total. The third-order valence-corrected chi connectivity index (χ3v) is 3.74. The quantitative estimate of drug-likeness (QED) is 0.753. The van der Waals surface area contributed by atoms with E-state index in [1.54, 1.807) is 6.07 Å². The Balaban J connectivity index is 1.53. The molecule has 20 heavy (non-hydrogen) atoms.